The third-order valence-corrected chi connectivity index (χ3v) is 7.47. The monoisotopic (exact) mass is 498 g/mol. The van der Waals surface area contributed by atoms with Crippen LogP contribution in [-0.4, -0.2) is 64.2 Å². The van der Waals surface area contributed by atoms with Crippen LogP contribution in [0.15, 0.2) is 54.9 Å². The molecular weight excluding hydrogens is 468 g/mol. The number of ether oxygens (including phenoxy) is 1. The number of benzene rings is 2. The lowest BCUT2D eigenvalue weighted by molar-refractivity contribution is -0.122. The molecule has 2 aliphatic rings. The number of aromatic amines is 1. The summed E-state index contributed by atoms with van der Waals surface area (Å²) in [4.78, 5) is 31.8. The van der Waals surface area contributed by atoms with E-state index in [-0.39, 0.29) is 0 Å². The van der Waals surface area contributed by atoms with Crippen LogP contribution >= 0.6 is 0 Å². The molecule has 190 valence electrons. The molecule has 0 spiro atoms. The highest BCUT2D eigenvalue weighted by Crippen LogP contribution is 2.39. The smallest absolute Gasteiger partial charge is 0.259 e. The van der Waals surface area contributed by atoms with Gasteiger partial charge in [-0.25, -0.2) is 0 Å². The van der Waals surface area contributed by atoms with E-state index < -0.39 is 17.9 Å². The largest absolute Gasteiger partial charge is 0.497 e. The van der Waals surface area contributed by atoms with E-state index in [2.05, 4.69) is 15.2 Å². The SMILES string of the molecule is COc1ccc2c(C3=C(c4c[nH]c5ccccc45)C(=O)NC3=O)cn(CC(O)CN3CCCCC3)c2c1. The highest BCUT2D eigenvalue weighted by Gasteiger charge is 2.35. The van der Waals surface area contributed by atoms with Gasteiger partial charge < -0.3 is 24.3 Å². The number of β-amino-alcohol motifs (C(OH)–C–C–N with tert-alkyl or cyclic N) is 1. The summed E-state index contributed by atoms with van der Waals surface area (Å²) in [5, 5.41) is 15.2. The Morgan fingerprint density at radius 2 is 1.70 bits per heavy atom. The van der Waals surface area contributed by atoms with E-state index in [1.165, 1.54) is 6.42 Å². The lowest BCUT2D eigenvalue weighted by Gasteiger charge is -2.28. The Hall–Kier alpha value is -3.88. The number of likely N-dealkylation sites (tertiary alicyclic amines) is 1. The summed E-state index contributed by atoms with van der Waals surface area (Å²) in [5.74, 6) is -0.153. The number of hydrogen-bond acceptors (Lipinski definition) is 5. The van der Waals surface area contributed by atoms with Crippen molar-refractivity contribution in [1.82, 2.24) is 19.8 Å². The number of piperidine rings is 1. The van der Waals surface area contributed by atoms with Gasteiger partial charge in [-0.1, -0.05) is 24.6 Å². The van der Waals surface area contributed by atoms with Crippen molar-refractivity contribution in [2.45, 2.75) is 31.9 Å². The second-order valence-corrected chi connectivity index (χ2v) is 9.87. The Balaban J connectivity index is 1.47. The van der Waals surface area contributed by atoms with Gasteiger partial charge in [0.2, 0.25) is 0 Å². The minimum absolute atomic E-state index is 0.342. The number of fused-ring (bicyclic) bond motifs is 2. The summed E-state index contributed by atoms with van der Waals surface area (Å²) in [6.45, 7) is 2.98. The molecule has 3 N–H and O–H groups in total. The third kappa shape index (κ3) is 4.22. The Labute approximate surface area is 214 Å². The maximum Gasteiger partial charge on any atom is 0.259 e. The van der Waals surface area contributed by atoms with Crippen LogP contribution in [0.3, 0.4) is 0 Å². The Morgan fingerprint density at radius 1 is 0.946 bits per heavy atom. The van der Waals surface area contributed by atoms with E-state index >= 15 is 0 Å². The molecule has 4 heterocycles. The van der Waals surface area contributed by atoms with E-state index in [0.717, 1.165) is 47.7 Å². The van der Waals surface area contributed by atoms with Gasteiger partial charge >= 0.3 is 0 Å². The molecule has 1 fully saturated rings. The molecule has 0 bridgehead atoms. The highest BCUT2D eigenvalue weighted by atomic mass is 16.5. The molecule has 8 heteroatoms. The topological polar surface area (TPSA) is 99.6 Å². The number of aromatic nitrogens is 2. The van der Waals surface area contributed by atoms with Gasteiger partial charge in [-0.05, 0) is 44.1 Å². The minimum Gasteiger partial charge on any atom is -0.497 e. The van der Waals surface area contributed by atoms with Gasteiger partial charge in [0, 0.05) is 59.0 Å². The van der Waals surface area contributed by atoms with Gasteiger partial charge in [0.25, 0.3) is 11.8 Å². The van der Waals surface area contributed by atoms with E-state index in [9.17, 15) is 14.7 Å². The average molecular weight is 499 g/mol. The number of hydrogen-bond donors (Lipinski definition) is 3. The zero-order valence-electron chi connectivity index (χ0n) is 20.8. The Morgan fingerprint density at radius 3 is 2.49 bits per heavy atom. The molecule has 1 unspecified atom stereocenters. The number of para-hydroxylation sites is 1. The summed E-state index contributed by atoms with van der Waals surface area (Å²) in [7, 11) is 1.61. The number of aliphatic hydroxyl groups excluding tert-OH is 1. The fourth-order valence-corrected chi connectivity index (χ4v) is 5.72. The van der Waals surface area contributed by atoms with Crippen molar-refractivity contribution in [3.8, 4) is 5.75 Å². The molecule has 2 amide bonds. The van der Waals surface area contributed by atoms with E-state index in [4.69, 9.17) is 4.74 Å². The molecule has 2 aliphatic heterocycles. The summed E-state index contributed by atoms with van der Waals surface area (Å²) in [6.07, 6.45) is 6.65. The normalized spacial score (nSPS) is 17.7. The molecule has 0 aliphatic carbocycles. The quantitative estimate of drug-likeness (QED) is 0.339. The van der Waals surface area contributed by atoms with Gasteiger partial charge in [0.05, 0.1) is 29.9 Å². The molecule has 37 heavy (non-hydrogen) atoms. The van der Waals surface area contributed by atoms with Gasteiger partial charge in [-0.2, -0.15) is 0 Å². The first-order chi connectivity index (χ1) is 18.0. The van der Waals surface area contributed by atoms with Crippen molar-refractivity contribution < 1.29 is 19.4 Å². The number of methoxy groups -OCH3 is 1. The van der Waals surface area contributed by atoms with E-state index in [1.54, 1.807) is 13.3 Å². The molecule has 1 atom stereocenters. The second kappa shape index (κ2) is 9.53. The lowest BCUT2D eigenvalue weighted by atomic mass is 9.95. The minimum atomic E-state index is -0.575. The number of nitrogens with zero attached hydrogens (tertiary/aromatic N) is 2. The number of nitrogens with one attached hydrogen (secondary N) is 2. The van der Waals surface area contributed by atoms with Crippen LogP contribution in [0.25, 0.3) is 33.0 Å². The predicted octanol–water partition coefficient (Wildman–Crippen LogP) is 3.55. The summed E-state index contributed by atoms with van der Waals surface area (Å²) in [6, 6.07) is 13.4. The molecule has 1 saturated heterocycles. The average Bonchev–Trinajstić information content (AvgIpc) is 3.57. The van der Waals surface area contributed by atoms with Gasteiger partial charge in [0.15, 0.2) is 0 Å². The van der Waals surface area contributed by atoms with Crippen molar-refractivity contribution in [2.24, 2.45) is 0 Å². The predicted molar refractivity (Wildman–Crippen MR) is 143 cm³/mol. The summed E-state index contributed by atoms with van der Waals surface area (Å²) >= 11 is 0. The van der Waals surface area contributed by atoms with Crippen molar-refractivity contribution >= 4 is 44.8 Å². The van der Waals surface area contributed by atoms with Crippen LogP contribution in [0.4, 0.5) is 0 Å². The number of aliphatic hydroxyl groups is 1. The first kappa shape index (κ1) is 23.5. The number of imide groups is 1. The number of amides is 2. The van der Waals surface area contributed by atoms with Crippen LogP contribution in [-0.2, 0) is 16.1 Å². The second-order valence-electron chi connectivity index (χ2n) is 9.87. The molecule has 2 aromatic carbocycles. The molecule has 4 aromatic rings. The van der Waals surface area contributed by atoms with E-state index in [1.807, 2.05) is 53.2 Å². The standard InChI is InChI=1S/C29H30N4O4/c1-37-19-9-10-21-23(17-33(25(21)13-19)16-18(34)15-32-11-5-2-6-12-32)27-26(28(35)31-29(27)36)22-14-30-24-8-4-3-7-20(22)24/h3-4,7-10,13-14,17-18,30,34H,2,5-6,11-12,15-16H2,1H3,(H,31,35,36). The molecule has 0 saturated carbocycles. The maximum atomic E-state index is 13.2. The van der Waals surface area contributed by atoms with Crippen molar-refractivity contribution in [1.29, 1.82) is 0 Å². The van der Waals surface area contributed by atoms with Crippen molar-refractivity contribution in [3.05, 3.63) is 66.0 Å². The summed E-state index contributed by atoms with van der Waals surface area (Å²) < 4.78 is 7.44. The molecule has 2 aromatic heterocycles. The number of carbonyl (C=O) groups excluding carboxylic acids is 2. The molecule has 6 rings (SSSR count). The fourth-order valence-electron chi connectivity index (χ4n) is 5.72. The third-order valence-electron chi connectivity index (χ3n) is 7.47. The number of H-pyrrole nitrogens is 1. The van der Waals surface area contributed by atoms with Crippen LogP contribution in [0.5, 0.6) is 5.75 Å². The number of rotatable bonds is 7. The van der Waals surface area contributed by atoms with Gasteiger partial charge in [-0.15, -0.1) is 0 Å². The molecule has 0 radical (unpaired) electrons. The van der Waals surface area contributed by atoms with Crippen LogP contribution in [0, 0.1) is 0 Å². The van der Waals surface area contributed by atoms with E-state index in [0.29, 0.717) is 41.1 Å². The summed E-state index contributed by atoms with van der Waals surface area (Å²) in [5.41, 5.74) is 3.77. The zero-order valence-corrected chi connectivity index (χ0v) is 20.8. The van der Waals surface area contributed by atoms with Crippen LogP contribution in [0.1, 0.15) is 30.4 Å². The van der Waals surface area contributed by atoms with Crippen molar-refractivity contribution in [2.75, 3.05) is 26.7 Å². The number of carbonyl (C=O) groups is 2. The Bertz CT molecular complexity index is 1540. The highest BCUT2D eigenvalue weighted by molar-refractivity contribution is 6.50. The first-order valence-electron chi connectivity index (χ1n) is 12.8. The maximum absolute atomic E-state index is 13.2. The van der Waals surface area contributed by atoms with Gasteiger partial charge in [-0.3, -0.25) is 14.9 Å². The van der Waals surface area contributed by atoms with Gasteiger partial charge in [0.1, 0.15) is 5.75 Å². The molecular formula is C29H30N4O4. The molecule has 8 nitrogen and oxygen atoms in total. The lowest BCUT2D eigenvalue weighted by Crippen LogP contribution is -2.37. The van der Waals surface area contributed by atoms with Crippen LogP contribution < -0.4 is 10.1 Å². The first-order valence-corrected chi connectivity index (χ1v) is 12.8. The Kier molecular flexibility index (Phi) is 6.06. The fraction of sp³-hybridized carbons (Fsp3) is 0.310. The van der Waals surface area contributed by atoms with Crippen molar-refractivity contribution in [3.63, 3.8) is 0 Å². The van der Waals surface area contributed by atoms with Crippen LogP contribution in [0.2, 0.25) is 0 Å². The zero-order chi connectivity index (χ0) is 25.5.